The number of halogens is 1. The molecule has 0 aliphatic carbocycles. The molecule has 0 aromatic heterocycles. The van der Waals surface area contributed by atoms with Crippen LogP contribution in [0.15, 0.2) is 48.5 Å². The van der Waals surface area contributed by atoms with Crippen molar-refractivity contribution in [3.63, 3.8) is 0 Å². The minimum atomic E-state index is -0.517. The first kappa shape index (κ1) is 20.0. The summed E-state index contributed by atoms with van der Waals surface area (Å²) < 4.78 is 5.33. The number of hydrogen-bond donors (Lipinski definition) is 1. The summed E-state index contributed by atoms with van der Waals surface area (Å²) in [6.45, 7) is 7.87. The van der Waals surface area contributed by atoms with Crippen molar-refractivity contribution in [3.8, 4) is 0 Å². The fraction of sp³-hybridized carbons (Fsp3) is 0.333. The van der Waals surface area contributed by atoms with E-state index in [1.165, 1.54) is 0 Å². The lowest BCUT2D eigenvalue weighted by molar-refractivity contribution is -0.147. The Balaban J connectivity index is 1.89. The quantitative estimate of drug-likeness (QED) is 0.774. The van der Waals surface area contributed by atoms with Crippen molar-refractivity contribution in [2.75, 3.05) is 6.54 Å². The van der Waals surface area contributed by atoms with Crippen molar-refractivity contribution in [2.24, 2.45) is 0 Å². The highest BCUT2D eigenvalue weighted by Gasteiger charge is 2.17. The third-order valence-electron chi connectivity index (χ3n) is 4.06. The van der Waals surface area contributed by atoms with Gasteiger partial charge in [0.15, 0.2) is 0 Å². The van der Waals surface area contributed by atoms with E-state index < -0.39 is 12.1 Å². The van der Waals surface area contributed by atoms with Crippen LogP contribution in [-0.2, 0) is 14.9 Å². The van der Waals surface area contributed by atoms with Crippen molar-refractivity contribution in [2.45, 2.75) is 39.2 Å². The zero-order valence-corrected chi connectivity index (χ0v) is 16.3. The second kappa shape index (κ2) is 8.37. The monoisotopic (exact) mass is 373 g/mol. The van der Waals surface area contributed by atoms with Crippen LogP contribution in [0.4, 0.5) is 0 Å². The fourth-order valence-corrected chi connectivity index (χ4v) is 2.77. The van der Waals surface area contributed by atoms with Gasteiger partial charge in [-0.2, -0.15) is 0 Å². The van der Waals surface area contributed by atoms with E-state index >= 15 is 0 Å². The van der Waals surface area contributed by atoms with E-state index in [0.29, 0.717) is 10.6 Å². The van der Waals surface area contributed by atoms with Crippen LogP contribution in [0.25, 0.3) is 0 Å². The highest BCUT2D eigenvalue weighted by atomic mass is 35.5. The smallest absolute Gasteiger partial charge is 0.326 e. The lowest BCUT2D eigenvalue weighted by Crippen LogP contribution is -2.31. The predicted octanol–water partition coefficient (Wildman–Crippen LogP) is 4.67. The second-order valence-electron chi connectivity index (χ2n) is 7.16. The summed E-state index contributed by atoms with van der Waals surface area (Å²) in [6, 6.07) is 14.5. The maximum Gasteiger partial charge on any atom is 0.326 e. The van der Waals surface area contributed by atoms with E-state index in [1.54, 1.807) is 31.2 Å². The minimum absolute atomic E-state index is 0.0215. The molecule has 0 unspecified atom stereocenters. The number of carbonyl (C=O) groups is 2. The largest absolute Gasteiger partial charge is 0.456 e. The van der Waals surface area contributed by atoms with Gasteiger partial charge < -0.3 is 10.1 Å². The van der Waals surface area contributed by atoms with Crippen LogP contribution in [0, 0.1) is 0 Å². The molecule has 1 N–H and O–H groups in total. The highest BCUT2D eigenvalue weighted by Crippen LogP contribution is 2.25. The molecular weight excluding hydrogens is 350 g/mol. The third kappa shape index (κ3) is 5.33. The number of carbonyl (C=O) groups excluding carboxylic acids is 2. The Bertz CT molecular complexity index is 779. The molecule has 0 spiro atoms. The zero-order valence-electron chi connectivity index (χ0n) is 15.5. The van der Waals surface area contributed by atoms with Crippen LogP contribution in [0.5, 0.6) is 0 Å². The molecule has 0 fully saturated rings. The molecule has 0 saturated carbocycles. The molecule has 2 aromatic carbocycles. The second-order valence-corrected chi connectivity index (χ2v) is 7.57. The molecule has 2 rings (SSSR count). The lowest BCUT2D eigenvalue weighted by atomic mass is 9.87. The summed E-state index contributed by atoms with van der Waals surface area (Å²) in [5.74, 6) is -0.829. The van der Waals surface area contributed by atoms with Crippen molar-refractivity contribution in [3.05, 3.63) is 70.2 Å². The first-order chi connectivity index (χ1) is 12.2. The maximum atomic E-state index is 12.2. The Labute approximate surface area is 159 Å². The molecule has 26 heavy (non-hydrogen) atoms. The summed E-state index contributed by atoms with van der Waals surface area (Å²) in [4.78, 5) is 24.2. The molecular formula is C21H24ClNO3. The Morgan fingerprint density at radius 1 is 1.08 bits per heavy atom. The highest BCUT2D eigenvalue weighted by molar-refractivity contribution is 6.31. The number of amides is 1. The summed E-state index contributed by atoms with van der Waals surface area (Å²) in [5, 5.41) is 3.12. The van der Waals surface area contributed by atoms with Crippen LogP contribution in [0.3, 0.4) is 0 Å². The van der Waals surface area contributed by atoms with E-state index in [4.69, 9.17) is 16.3 Å². The van der Waals surface area contributed by atoms with Gasteiger partial charge in [-0.05, 0) is 36.1 Å². The van der Waals surface area contributed by atoms with Gasteiger partial charge in [0, 0.05) is 16.1 Å². The average molecular weight is 374 g/mol. The number of hydrogen-bond acceptors (Lipinski definition) is 3. The van der Waals surface area contributed by atoms with E-state index in [1.807, 2.05) is 24.3 Å². The van der Waals surface area contributed by atoms with Crippen LogP contribution in [0.2, 0.25) is 5.02 Å². The molecule has 0 heterocycles. The molecule has 0 bridgehead atoms. The van der Waals surface area contributed by atoms with Crippen LogP contribution >= 0.6 is 11.6 Å². The topological polar surface area (TPSA) is 55.4 Å². The van der Waals surface area contributed by atoms with Gasteiger partial charge in [-0.3, -0.25) is 9.59 Å². The van der Waals surface area contributed by atoms with Crippen LogP contribution in [0.1, 0.15) is 55.3 Å². The molecule has 0 radical (unpaired) electrons. The van der Waals surface area contributed by atoms with Crippen LogP contribution in [-0.4, -0.2) is 18.4 Å². The van der Waals surface area contributed by atoms with Crippen molar-refractivity contribution in [1.29, 1.82) is 0 Å². The van der Waals surface area contributed by atoms with Crippen molar-refractivity contribution in [1.82, 2.24) is 5.32 Å². The van der Waals surface area contributed by atoms with Gasteiger partial charge in [-0.1, -0.05) is 62.7 Å². The summed E-state index contributed by atoms with van der Waals surface area (Å²) in [7, 11) is 0. The Morgan fingerprint density at radius 3 is 2.27 bits per heavy atom. The molecule has 1 atom stereocenters. The summed E-state index contributed by atoms with van der Waals surface area (Å²) in [5.41, 5.74) is 2.40. The van der Waals surface area contributed by atoms with Gasteiger partial charge in [0.2, 0.25) is 0 Å². The van der Waals surface area contributed by atoms with Crippen LogP contribution < -0.4 is 5.32 Å². The number of nitrogens with one attached hydrogen (secondary N) is 1. The molecule has 0 aliphatic heterocycles. The van der Waals surface area contributed by atoms with E-state index in [9.17, 15) is 9.59 Å². The zero-order chi connectivity index (χ0) is 19.3. The predicted molar refractivity (Wildman–Crippen MR) is 103 cm³/mol. The molecule has 138 valence electrons. The van der Waals surface area contributed by atoms with Gasteiger partial charge in [0.05, 0.1) is 0 Å². The van der Waals surface area contributed by atoms with E-state index in [0.717, 1.165) is 11.1 Å². The maximum absolute atomic E-state index is 12.2. The molecule has 4 nitrogen and oxygen atoms in total. The molecule has 5 heteroatoms. The Hall–Kier alpha value is -2.33. The standard InChI is InChI=1S/C21H24ClNO3/c1-14(17-7-5-6-8-18(17)22)26-19(24)13-23-20(25)15-9-11-16(12-10-15)21(2,3)4/h5-12,14H,13H2,1-4H3,(H,23,25)/t14-/m0/s1. The summed E-state index contributed by atoms with van der Waals surface area (Å²) in [6.07, 6.45) is -0.487. The van der Waals surface area contributed by atoms with Crippen molar-refractivity contribution >= 4 is 23.5 Å². The normalized spacial score (nSPS) is 12.3. The van der Waals surface area contributed by atoms with Gasteiger partial charge >= 0.3 is 5.97 Å². The number of rotatable bonds is 5. The minimum Gasteiger partial charge on any atom is -0.456 e. The van der Waals surface area contributed by atoms with Gasteiger partial charge in [0.1, 0.15) is 12.6 Å². The van der Waals surface area contributed by atoms with E-state index in [-0.39, 0.29) is 17.9 Å². The Kier molecular flexibility index (Phi) is 6.43. The lowest BCUT2D eigenvalue weighted by Gasteiger charge is -2.19. The number of benzene rings is 2. The van der Waals surface area contributed by atoms with Gasteiger partial charge in [0.25, 0.3) is 5.91 Å². The molecule has 0 saturated heterocycles. The molecule has 0 aliphatic rings. The molecule has 1 amide bonds. The fourth-order valence-electron chi connectivity index (χ4n) is 2.48. The summed E-state index contributed by atoms with van der Waals surface area (Å²) >= 11 is 6.09. The SMILES string of the molecule is C[C@H](OC(=O)CNC(=O)c1ccc(C(C)(C)C)cc1)c1ccccc1Cl. The van der Waals surface area contributed by atoms with Gasteiger partial charge in [-0.15, -0.1) is 0 Å². The molecule has 2 aromatic rings. The number of esters is 1. The van der Waals surface area contributed by atoms with E-state index in [2.05, 4.69) is 26.1 Å². The third-order valence-corrected chi connectivity index (χ3v) is 4.40. The average Bonchev–Trinajstić information content (AvgIpc) is 2.59. The van der Waals surface area contributed by atoms with Gasteiger partial charge in [-0.25, -0.2) is 0 Å². The number of ether oxygens (including phenoxy) is 1. The Morgan fingerprint density at radius 2 is 1.69 bits per heavy atom. The van der Waals surface area contributed by atoms with Crippen molar-refractivity contribution < 1.29 is 14.3 Å². The first-order valence-corrected chi connectivity index (χ1v) is 8.89. The first-order valence-electron chi connectivity index (χ1n) is 8.51.